The van der Waals surface area contributed by atoms with Gasteiger partial charge < -0.3 is 18.8 Å². The largest absolute Gasteiger partial charge is 0.490 e. The zero-order valence-electron chi connectivity index (χ0n) is 12.2. The highest BCUT2D eigenvalue weighted by atomic mass is 16.5. The van der Waals surface area contributed by atoms with Crippen LogP contribution in [0.15, 0.2) is 36.9 Å². The zero-order valence-corrected chi connectivity index (χ0v) is 12.2. The zero-order chi connectivity index (χ0) is 15.2. The summed E-state index contributed by atoms with van der Waals surface area (Å²) in [6.07, 6.45) is 6.93. The van der Waals surface area contributed by atoms with E-state index in [0.717, 1.165) is 19.4 Å². The number of fused-ring (bicyclic) bond motifs is 1. The van der Waals surface area contributed by atoms with Gasteiger partial charge in [-0.2, -0.15) is 0 Å². The second-order valence-corrected chi connectivity index (χ2v) is 5.00. The van der Waals surface area contributed by atoms with Crippen molar-refractivity contribution in [3.63, 3.8) is 0 Å². The van der Waals surface area contributed by atoms with Crippen LogP contribution in [0, 0.1) is 0 Å². The minimum absolute atomic E-state index is 0.346. The monoisotopic (exact) mass is 302 g/mol. The molecule has 0 unspecified atom stereocenters. The highest BCUT2D eigenvalue weighted by molar-refractivity contribution is 5.90. The van der Waals surface area contributed by atoms with Gasteiger partial charge in [-0.1, -0.05) is 0 Å². The SMILES string of the molecule is O=C(OCCCn1ccnc1)c1ccc2c(c1)OCCCO2. The molecule has 2 heterocycles. The fourth-order valence-electron chi connectivity index (χ4n) is 2.20. The van der Waals surface area contributed by atoms with E-state index in [1.54, 1.807) is 30.7 Å². The number of benzene rings is 1. The lowest BCUT2D eigenvalue weighted by Crippen LogP contribution is -2.08. The number of aryl methyl sites for hydroxylation is 1. The molecule has 3 rings (SSSR count). The summed E-state index contributed by atoms with van der Waals surface area (Å²) >= 11 is 0. The molecule has 1 aromatic carbocycles. The number of carbonyl (C=O) groups excluding carboxylic acids is 1. The lowest BCUT2D eigenvalue weighted by molar-refractivity contribution is 0.0495. The van der Waals surface area contributed by atoms with Crippen LogP contribution < -0.4 is 9.47 Å². The van der Waals surface area contributed by atoms with Crippen LogP contribution in [0.25, 0.3) is 0 Å². The lowest BCUT2D eigenvalue weighted by atomic mass is 10.2. The smallest absolute Gasteiger partial charge is 0.338 e. The lowest BCUT2D eigenvalue weighted by Gasteiger charge is -2.09. The molecule has 22 heavy (non-hydrogen) atoms. The van der Waals surface area contributed by atoms with Gasteiger partial charge in [0, 0.05) is 25.4 Å². The van der Waals surface area contributed by atoms with Crippen molar-refractivity contribution in [3.8, 4) is 11.5 Å². The molecule has 0 fully saturated rings. The van der Waals surface area contributed by atoms with Gasteiger partial charge in [-0.25, -0.2) is 9.78 Å². The minimum Gasteiger partial charge on any atom is -0.490 e. The molecule has 116 valence electrons. The summed E-state index contributed by atoms with van der Waals surface area (Å²) < 4.78 is 18.3. The van der Waals surface area contributed by atoms with Crippen molar-refractivity contribution in [2.45, 2.75) is 19.4 Å². The van der Waals surface area contributed by atoms with Gasteiger partial charge in [-0.15, -0.1) is 0 Å². The third-order valence-electron chi connectivity index (χ3n) is 3.34. The van der Waals surface area contributed by atoms with E-state index in [1.165, 1.54) is 0 Å². The van der Waals surface area contributed by atoms with Gasteiger partial charge in [0.25, 0.3) is 0 Å². The Balaban J connectivity index is 1.52. The van der Waals surface area contributed by atoms with Crippen molar-refractivity contribution in [1.82, 2.24) is 9.55 Å². The predicted molar refractivity (Wildman–Crippen MR) is 79.2 cm³/mol. The maximum absolute atomic E-state index is 12.0. The summed E-state index contributed by atoms with van der Waals surface area (Å²) in [5.74, 6) is 0.931. The summed E-state index contributed by atoms with van der Waals surface area (Å²) in [5, 5.41) is 0. The van der Waals surface area contributed by atoms with Crippen molar-refractivity contribution in [1.29, 1.82) is 0 Å². The molecule has 0 bridgehead atoms. The molecule has 6 nitrogen and oxygen atoms in total. The van der Waals surface area contributed by atoms with Crippen LogP contribution in [-0.4, -0.2) is 35.3 Å². The van der Waals surface area contributed by atoms with Crippen LogP contribution >= 0.6 is 0 Å². The summed E-state index contributed by atoms with van der Waals surface area (Å²) in [5.41, 5.74) is 0.479. The van der Waals surface area contributed by atoms with Crippen molar-refractivity contribution < 1.29 is 19.0 Å². The number of imidazole rings is 1. The van der Waals surface area contributed by atoms with E-state index in [0.29, 0.717) is 36.9 Å². The minimum atomic E-state index is -0.346. The van der Waals surface area contributed by atoms with Gasteiger partial charge in [0.15, 0.2) is 11.5 Å². The molecule has 6 heteroatoms. The average molecular weight is 302 g/mol. The number of carbonyl (C=O) groups is 1. The molecular weight excluding hydrogens is 284 g/mol. The fourth-order valence-corrected chi connectivity index (χ4v) is 2.20. The first-order valence-corrected chi connectivity index (χ1v) is 7.35. The first kappa shape index (κ1) is 14.4. The van der Waals surface area contributed by atoms with Gasteiger partial charge >= 0.3 is 5.97 Å². The van der Waals surface area contributed by atoms with E-state index in [-0.39, 0.29) is 5.97 Å². The Kier molecular flexibility index (Phi) is 4.58. The maximum atomic E-state index is 12.0. The summed E-state index contributed by atoms with van der Waals surface area (Å²) in [7, 11) is 0. The molecule has 0 aliphatic carbocycles. The van der Waals surface area contributed by atoms with E-state index >= 15 is 0 Å². The molecule has 0 radical (unpaired) electrons. The van der Waals surface area contributed by atoms with Gasteiger partial charge in [0.1, 0.15) is 0 Å². The van der Waals surface area contributed by atoms with E-state index in [4.69, 9.17) is 14.2 Å². The number of ether oxygens (including phenoxy) is 3. The number of nitrogens with zero attached hydrogens (tertiary/aromatic N) is 2. The highest BCUT2D eigenvalue weighted by Gasteiger charge is 2.14. The second-order valence-electron chi connectivity index (χ2n) is 5.00. The third kappa shape index (κ3) is 3.58. The Labute approximate surface area is 128 Å². The van der Waals surface area contributed by atoms with Gasteiger partial charge in [0.05, 0.1) is 31.7 Å². The summed E-state index contributed by atoms with van der Waals surface area (Å²) in [4.78, 5) is 16.0. The Morgan fingerprint density at radius 3 is 2.95 bits per heavy atom. The third-order valence-corrected chi connectivity index (χ3v) is 3.34. The van der Waals surface area contributed by atoms with Gasteiger partial charge in [-0.3, -0.25) is 0 Å². The molecular formula is C16H18N2O4. The molecule has 2 aromatic rings. The van der Waals surface area contributed by atoms with Gasteiger partial charge in [-0.05, 0) is 24.6 Å². The summed E-state index contributed by atoms with van der Waals surface area (Å²) in [6.45, 7) is 2.36. The maximum Gasteiger partial charge on any atom is 0.338 e. The Morgan fingerprint density at radius 1 is 1.27 bits per heavy atom. The van der Waals surface area contributed by atoms with Crippen LogP contribution in [-0.2, 0) is 11.3 Å². The molecule has 0 saturated heterocycles. The van der Waals surface area contributed by atoms with Crippen LogP contribution in [0.3, 0.4) is 0 Å². The Bertz CT molecular complexity index is 625. The molecule has 0 amide bonds. The number of esters is 1. The fraction of sp³-hybridized carbons (Fsp3) is 0.375. The van der Waals surface area contributed by atoms with Crippen LogP contribution in [0.4, 0.5) is 0 Å². The quantitative estimate of drug-likeness (QED) is 0.626. The standard InChI is InChI=1S/C16H18N2O4/c19-16(22-8-1-6-18-7-5-17-12-18)13-3-4-14-15(11-13)21-10-2-9-20-14/h3-5,7,11-12H,1-2,6,8-10H2. The summed E-state index contributed by atoms with van der Waals surface area (Å²) in [6, 6.07) is 5.13. The molecule has 1 aliphatic heterocycles. The van der Waals surface area contributed by atoms with Crippen LogP contribution in [0.5, 0.6) is 11.5 Å². The van der Waals surface area contributed by atoms with Crippen molar-refractivity contribution >= 4 is 5.97 Å². The predicted octanol–water partition coefficient (Wildman–Crippen LogP) is 2.29. The van der Waals surface area contributed by atoms with Crippen LogP contribution in [0.1, 0.15) is 23.2 Å². The van der Waals surface area contributed by atoms with E-state index < -0.39 is 0 Å². The molecule has 0 spiro atoms. The first-order valence-electron chi connectivity index (χ1n) is 7.35. The van der Waals surface area contributed by atoms with E-state index in [9.17, 15) is 4.79 Å². The molecule has 0 saturated carbocycles. The molecule has 0 N–H and O–H groups in total. The average Bonchev–Trinajstić information content (AvgIpc) is 2.94. The van der Waals surface area contributed by atoms with Crippen molar-refractivity contribution in [2.24, 2.45) is 0 Å². The highest BCUT2D eigenvalue weighted by Crippen LogP contribution is 2.30. The van der Waals surface area contributed by atoms with Crippen LogP contribution in [0.2, 0.25) is 0 Å². The number of hydrogen-bond acceptors (Lipinski definition) is 5. The molecule has 1 aliphatic rings. The van der Waals surface area contributed by atoms with E-state index in [1.807, 2.05) is 10.8 Å². The molecule has 1 aromatic heterocycles. The van der Waals surface area contributed by atoms with Crippen molar-refractivity contribution in [3.05, 3.63) is 42.5 Å². The van der Waals surface area contributed by atoms with Gasteiger partial charge in [0.2, 0.25) is 0 Å². The Morgan fingerprint density at radius 2 is 2.14 bits per heavy atom. The Hall–Kier alpha value is -2.50. The second kappa shape index (κ2) is 6.98. The first-order chi connectivity index (χ1) is 10.8. The number of aromatic nitrogens is 2. The molecule has 0 atom stereocenters. The topological polar surface area (TPSA) is 62.6 Å². The van der Waals surface area contributed by atoms with Crippen molar-refractivity contribution in [2.75, 3.05) is 19.8 Å². The number of hydrogen-bond donors (Lipinski definition) is 0. The normalized spacial score (nSPS) is 13.5. The van der Waals surface area contributed by atoms with E-state index in [2.05, 4.69) is 4.98 Å². The number of rotatable bonds is 5.